The van der Waals surface area contributed by atoms with Gasteiger partial charge in [-0.2, -0.15) is 0 Å². The summed E-state index contributed by atoms with van der Waals surface area (Å²) in [4.78, 5) is 15.9. The van der Waals surface area contributed by atoms with E-state index in [4.69, 9.17) is 14.6 Å². The Labute approximate surface area is 172 Å². The second-order valence-corrected chi connectivity index (χ2v) is 7.73. The van der Waals surface area contributed by atoms with Gasteiger partial charge in [0.1, 0.15) is 23.1 Å². The normalized spacial score (nSPS) is 11.3. The summed E-state index contributed by atoms with van der Waals surface area (Å²) < 4.78 is 48.9. The first-order valence-corrected chi connectivity index (χ1v) is 10.4. The van der Waals surface area contributed by atoms with Crippen LogP contribution in [-0.4, -0.2) is 42.9 Å². The molecule has 0 saturated heterocycles. The molecule has 3 aromatic rings. The van der Waals surface area contributed by atoms with E-state index in [1.807, 2.05) is 6.07 Å². The number of esters is 1. The Kier molecular flexibility index (Phi) is 6.13. The van der Waals surface area contributed by atoms with Gasteiger partial charge in [-0.15, -0.1) is 5.10 Å². The van der Waals surface area contributed by atoms with Crippen LogP contribution in [0.25, 0.3) is 5.69 Å². The molecular weight excluding hydrogens is 415 g/mol. The first-order valence-electron chi connectivity index (χ1n) is 8.81. The molecule has 0 aliphatic rings. The number of rotatable bonds is 7. The number of hydrogen-bond acceptors (Lipinski definition) is 7. The largest absolute Gasteiger partial charge is 0.497 e. The van der Waals surface area contributed by atoms with Crippen LogP contribution in [0.2, 0.25) is 0 Å². The minimum atomic E-state index is -4.08. The average molecular weight is 434 g/mol. The van der Waals surface area contributed by atoms with Gasteiger partial charge >= 0.3 is 5.97 Å². The molecule has 1 aromatic heterocycles. The standard InChI is InChI=1S/C19H19FN4O5S/c1-3-29-19(25)18-22-17(10-12-5-4-6-13(9-12)28-2)24(23-18)16-8-7-14(11-15(16)20)30(21,26)27/h4-9,11H,3,10H2,1-2H3,(H2,21,26,27). The molecule has 158 valence electrons. The monoisotopic (exact) mass is 434 g/mol. The third-order valence-corrected chi connectivity index (χ3v) is 5.02. The summed E-state index contributed by atoms with van der Waals surface area (Å²) in [6.45, 7) is 1.76. The number of nitrogens with two attached hydrogens (primary N) is 1. The molecular formula is C19H19FN4O5S. The van der Waals surface area contributed by atoms with Crippen molar-refractivity contribution in [2.75, 3.05) is 13.7 Å². The number of carbonyl (C=O) groups is 1. The van der Waals surface area contributed by atoms with Gasteiger partial charge < -0.3 is 9.47 Å². The zero-order valence-corrected chi connectivity index (χ0v) is 17.0. The minimum absolute atomic E-state index is 0.0941. The number of methoxy groups -OCH3 is 1. The van der Waals surface area contributed by atoms with E-state index in [2.05, 4.69) is 10.1 Å². The summed E-state index contributed by atoms with van der Waals surface area (Å²) in [5.74, 6) is -1.04. The van der Waals surface area contributed by atoms with Crippen molar-refractivity contribution in [3.63, 3.8) is 0 Å². The number of aromatic nitrogens is 3. The number of hydrogen-bond donors (Lipinski definition) is 1. The molecule has 11 heteroatoms. The van der Waals surface area contributed by atoms with Crippen LogP contribution in [0.15, 0.2) is 47.4 Å². The molecule has 0 atom stereocenters. The SMILES string of the molecule is CCOC(=O)c1nc(Cc2cccc(OC)c2)n(-c2ccc(S(N)(=O)=O)cc2F)n1. The van der Waals surface area contributed by atoms with Gasteiger partial charge in [0.05, 0.1) is 18.6 Å². The van der Waals surface area contributed by atoms with E-state index in [0.29, 0.717) is 5.75 Å². The van der Waals surface area contributed by atoms with E-state index in [9.17, 15) is 17.6 Å². The van der Waals surface area contributed by atoms with Crippen molar-refractivity contribution in [2.24, 2.45) is 5.14 Å². The highest BCUT2D eigenvalue weighted by Gasteiger charge is 2.21. The predicted octanol–water partition coefficient (Wildman–Crippen LogP) is 1.83. The van der Waals surface area contributed by atoms with Crippen LogP contribution < -0.4 is 9.88 Å². The van der Waals surface area contributed by atoms with Gasteiger partial charge in [-0.3, -0.25) is 0 Å². The van der Waals surface area contributed by atoms with Crippen LogP contribution in [0.4, 0.5) is 4.39 Å². The molecule has 0 unspecified atom stereocenters. The number of carbonyl (C=O) groups excluding carboxylic acids is 1. The van der Waals surface area contributed by atoms with Gasteiger partial charge in [0.2, 0.25) is 10.0 Å². The first-order chi connectivity index (χ1) is 14.2. The summed E-state index contributed by atoms with van der Waals surface area (Å²) in [7, 11) is -2.55. The molecule has 0 fully saturated rings. The van der Waals surface area contributed by atoms with E-state index in [1.54, 1.807) is 25.1 Å². The fourth-order valence-electron chi connectivity index (χ4n) is 2.74. The van der Waals surface area contributed by atoms with Crippen LogP contribution >= 0.6 is 0 Å². The van der Waals surface area contributed by atoms with Crippen LogP contribution in [0, 0.1) is 5.82 Å². The fraction of sp³-hybridized carbons (Fsp3) is 0.211. The third-order valence-electron chi connectivity index (χ3n) is 4.10. The summed E-state index contributed by atoms with van der Waals surface area (Å²) >= 11 is 0. The van der Waals surface area contributed by atoms with Gasteiger partial charge in [-0.05, 0) is 42.8 Å². The second-order valence-electron chi connectivity index (χ2n) is 6.17. The predicted molar refractivity (Wildman–Crippen MR) is 104 cm³/mol. The molecule has 0 aliphatic heterocycles. The highest BCUT2D eigenvalue weighted by Crippen LogP contribution is 2.21. The van der Waals surface area contributed by atoms with Gasteiger partial charge in [0.15, 0.2) is 0 Å². The zero-order valence-electron chi connectivity index (χ0n) is 16.2. The lowest BCUT2D eigenvalue weighted by molar-refractivity contribution is 0.0512. The number of ether oxygens (including phenoxy) is 2. The Bertz CT molecular complexity index is 1190. The minimum Gasteiger partial charge on any atom is -0.497 e. The molecule has 0 aliphatic carbocycles. The summed E-state index contributed by atoms with van der Waals surface area (Å²) in [6.07, 6.45) is 0.194. The van der Waals surface area contributed by atoms with E-state index in [0.717, 1.165) is 22.4 Å². The zero-order chi connectivity index (χ0) is 21.9. The molecule has 0 radical (unpaired) electrons. The van der Waals surface area contributed by atoms with Crippen LogP contribution in [-0.2, 0) is 21.2 Å². The van der Waals surface area contributed by atoms with E-state index >= 15 is 0 Å². The molecule has 3 rings (SSSR count). The van der Waals surface area contributed by atoms with Crippen LogP contribution in [0.5, 0.6) is 5.75 Å². The Morgan fingerprint density at radius 3 is 2.63 bits per heavy atom. The topological polar surface area (TPSA) is 126 Å². The summed E-state index contributed by atoms with van der Waals surface area (Å²) in [5.41, 5.74) is 0.684. The third kappa shape index (κ3) is 4.63. The number of primary sulfonamides is 1. The lowest BCUT2D eigenvalue weighted by Crippen LogP contribution is -2.13. The van der Waals surface area contributed by atoms with Crippen molar-refractivity contribution in [1.82, 2.24) is 14.8 Å². The Balaban J connectivity index is 2.09. The Morgan fingerprint density at radius 1 is 1.23 bits per heavy atom. The molecule has 0 spiro atoms. The molecule has 0 amide bonds. The smallest absolute Gasteiger partial charge is 0.378 e. The highest BCUT2D eigenvalue weighted by molar-refractivity contribution is 7.89. The van der Waals surface area contributed by atoms with Gasteiger partial charge in [-0.1, -0.05) is 12.1 Å². The first kappa shape index (κ1) is 21.4. The Hall–Kier alpha value is -3.31. The molecule has 2 aromatic carbocycles. The quantitative estimate of drug-likeness (QED) is 0.562. The number of nitrogens with zero attached hydrogens (tertiary/aromatic N) is 3. The lowest BCUT2D eigenvalue weighted by atomic mass is 10.1. The van der Waals surface area contributed by atoms with Gasteiger partial charge in [0.25, 0.3) is 5.82 Å². The average Bonchev–Trinajstić information content (AvgIpc) is 3.11. The maximum atomic E-state index is 14.7. The molecule has 9 nitrogen and oxygen atoms in total. The van der Waals surface area contributed by atoms with Crippen molar-refractivity contribution in [2.45, 2.75) is 18.2 Å². The number of sulfonamides is 1. The second kappa shape index (κ2) is 8.59. The van der Waals surface area contributed by atoms with Crippen molar-refractivity contribution >= 4 is 16.0 Å². The van der Waals surface area contributed by atoms with E-state index in [-0.39, 0.29) is 35.3 Å². The molecule has 30 heavy (non-hydrogen) atoms. The van der Waals surface area contributed by atoms with E-state index in [1.165, 1.54) is 13.2 Å². The summed E-state index contributed by atoms with van der Waals surface area (Å²) in [6, 6.07) is 10.3. The maximum Gasteiger partial charge on any atom is 0.378 e. The maximum absolute atomic E-state index is 14.7. The van der Waals surface area contributed by atoms with Crippen molar-refractivity contribution < 1.29 is 27.1 Å². The summed E-state index contributed by atoms with van der Waals surface area (Å²) in [5, 5.41) is 9.12. The fourth-order valence-corrected chi connectivity index (χ4v) is 3.26. The number of benzene rings is 2. The number of halogens is 1. The molecule has 0 bridgehead atoms. The highest BCUT2D eigenvalue weighted by atomic mass is 32.2. The molecule has 0 saturated carbocycles. The molecule has 1 heterocycles. The molecule has 2 N–H and O–H groups in total. The van der Waals surface area contributed by atoms with Crippen LogP contribution in [0.1, 0.15) is 28.9 Å². The van der Waals surface area contributed by atoms with Gasteiger partial charge in [0, 0.05) is 6.42 Å². The lowest BCUT2D eigenvalue weighted by Gasteiger charge is -2.09. The van der Waals surface area contributed by atoms with Crippen LogP contribution in [0.3, 0.4) is 0 Å². The van der Waals surface area contributed by atoms with Crippen molar-refractivity contribution in [3.05, 3.63) is 65.5 Å². The van der Waals surface area contributed by atoms with Crippen molar-refractivity contribution in [1.29, 1.82) is 0 Å². The van der Waals surface area contributed by atoms with Gasteiger partial charge in [-0.25, -0.2) is 32.4 Å². The Morgan fingerprint density at radius 2 is 2.00 bits per heavy atom. The van der Waals surface area contributed by atoms with Crippen molar-refractivity contribution in [3.8, 4) is 11.4 Å². The van der Waals surface area contributed by atoms with E-state index < -0.39 is 21.8 Å².